The van der Waals surface area contributed by atoms with Gasteiger partial charge in [-0.15, -0.1) is 0 Å². The molecular weight excluding hydrogens is 534 g/mol. The van der Waals surface area contributed by atoms with Crippen LogP contribution in [-0.4, -0.2) is 73.0 Å². The standard InChI is InChI=1S/C26H29N9O6/c27-20-19-21(34-26(28)33-20)30-10-14(31-19)11-35-7-5-12-8-13(3-4-18(12)35)22(36)32-17(25(40)41)2-1-6-29-23(37)15-9-16(15)24(38)39/h3-4,8,10,15-17H,1-2,5-7,9,11H2,(H,29,37)(H,32,36)(H,38,39)(H,40,41)(H4,27,28,30,33,34)/t15?,16?,17-/m0/s1. The molecule has 1 aliphatic heterocycles. The maximum absolute atomic E-state index is 12.9. The van der Waals surface area contributed by atoms with Gasteiger partial charge in [-0.2, -0.15) is 9.97 Å². The smallest absolute Gasteiger partial charge is 0.326 e. The minimum Gasteiger partial charge on any atom is -0.481 e. The van der Waals surface area contributed by atoms with Gasteiger partial charge in [0.25, 0.3) is 5.91 Å². The molecule has 8 N–H and O–H groups in total. The Morgan fingerprint density at radius 2 is 1.90 bits per heavy atom. The number of hydrogen-bond donors (Lipinski definition) is 6. The number of aliphatic carboxylic acids is 2. The Balaban J connectivity index is 1.16. The summed E-state index contributed by atoms with van der Waals surface area (Å²) in [4.78, 5) is 66.4. The number of nitrogen functional groups attached to an aromatic ring is 2. The molecule has 214 valence electrons. The molecule has 0 saturated heterocycles. The summed E-state index contributed by atoms with van der Waals surface area (Å²) in [6, 6.07) is 4.06. The van der Waals surface area contributed by atoms with E-state index in [9.17, 15) is 24.3 Å². The first-order chi connectivity index (χ1) is 19.6. The number of carbonyl (C=O) groups is 4. The molecule has 3 aromatic rings. The summed E-state index contributed by atoms with van der Waals surface area (Å²) >= 11 is 0. The third-order valence-electron chi connectivity index (χ3n) is 7.20. The number of aromatic nitrogens is 4. The minimum atomic E-state index is -1.18. The van der Waals surface area contributed by atoms with Crippen LogP contribution in [0.4, 0.5) is 17.5 Å². The summed E-state index contributed by atoms with van der Waals surface area (Å²) in [5, 5.41) is 23.7. The van der Waals surface area contributed by atoms with Gasteiger partial charge in [-0.3, -0.25) is 14.4 Å². The van der Waals surface area contributed by atoms with Gasteiger partial charge >= 0.3 is 11.9 Å². The Labute approximate surface area is 233 Å². The van der Waals surface area contributed by atoms with Crippen LogP contribution in [-0.2, 0) is 27.3 Å². The van der Waals surface area contributed by atoms with E-state index in [1.54, 1.807) is 18.3 Å². The number of nitrogens with zero attached hydrogens (tertiary/aromatic N) is 5. The fourth-order valence-corrected chi connectivity index (χ4v) is 4.94. The number of benzene rings is 1. The maximum atomic E-state index is 12.9. The number of rotatable bonds is 11. The van der Waals surface area contributed by atoms with Crippen molar-refractivity contribution in [2.75, 3.05) is 29.5 Å². The summed E-state index contributed by atoms with van der Waals surface area (Å²) in [5.41, 5.74) is 15.1. The van der Waals surface area contributed by atoms with Crippen molar-refractivity contribution < 1.29 is 29.4 Å². The van der Waals surface area contributed by atoms with Crippen LogP contribution >= 0.6 is 0 Å². The molecule has 2 aliphatic rings. The lowest BCUT2D eigenvalue weighted by Gasteiger charge is -2.19. The van der Waals surface area contributed by atoms with Crippen LogP contribution in [0.3, 0.4) is 0 Å². The van der Waals surface area contributed by atoms with E-state index in [0.29, 0.717) is 54.8 Å². The van der Waals surface area contributed by atoms with Crippen LogP contribution in [0.2, 0.25) is 0 Å². The van der Waals surface area contributed by atoms with E-state index in [4.69, 9.17) is 16.6 Å². The molecule has 15 heteroatoms. The molecule has 5 rings (SSSR count). The van der Waals surface area contributed by atoms with Gasteiger partial charge in [0.1, 0.15) is 6.04 Å². The molecule has 0 radical (unpaired) electrons. The topological polar surface area (TPSA) is 240 Å². The van der Waals surface area contributed by atoms with Crippen molar-refractivity contribution in [1.82, 2.24) is 30.6 Å². The fraction of sp³-hybridized carbons (Fsp3) is 0.385. The number of anilines is 3. The molecule has 3 atom stereocenters. The number of carboxylic acids is 2. The van der Waals surface area contributed by atoms with Gasteiger partial charge in [-0.25, -0.2) is 14.8 Å². The van der Waals surface area contributed by atoms with Crippen LogP contribution in [0.5, 0.6) is 0 Å². The van der Waals surface area contributed by atoms with E-state index >= 15 is 0 Å². The first-order valence-corrected chi connectivity index (χ1v) is 13.1. The van der Waals surface area contributed by atoms with Gasteiger partial charge in [0.15, 0.2) is 17.0 Å². The van der Waals surface area contributed by atoms with Crippen molar-refractivity contribution >= 4 is 52.4 Å². The van der Waals surface area contributed by atoms with Gasteiger partial charge in [-0.05, 0) is 49.4 Å². The van der Waals surface area contributed by atoms with Crippen LogP contribution in [0, 0.1) is 11.8 Å². The highest BCUT2D eigenvalue weighted by Crippen LogP contribution is 2.38. The van der Waals surface area contributed by atoms with Crippen LogP contribution < -0.4 is 27.0 Å². The number of amides is 2. The third kappa shape index (κ3) is 6.08. The highest BCUT2D eigenvalue weighted by molar-refractivity contribution is 5.97. The molecule has 2 aromatic heterocycles. The number of carboxylic acid groups (broad SMARTS) is 2. The first kappa shape index (κ1) is 27.5. The number of nitrogens with one attached hydrogen (secondary N) is 2. The molecule has 0 bridgehead atoms. The zero-order valence-electron chi connectivity index (χ0n) is 21.9. The Hall–Kier alpha value is -5.08. The summed E-state index contributed by atoms with van der Waals surface area (Å²) in [6.07, 6.45) is 3.00. The molecule has 0 spiro atoms. The predicted octanol–water partition coefficient (Wildman–Crippen LogP) is -0.0530. The Morgan fingerprint density at radius 3 is 2.63 bits per heavy atom. The van der Waals surface area contributed by atoms with Crippen LogP contribution in [0.15, 0.2) is 24.4 Å². The summed E-state index contributed by atoms with van der Waals surface area (Å²) in [6.45, 7) is 1.32. The number of nitrogens with two attached hydrogens (primary N) is 2. The second-order valence-corrected chi connectivity index (χ2v) is 10.1. The molecule has 41 heavy (non-hydrogen) atoms. The highest BCUT2D eigenvalue weighted by Gasteiger charge is 2.48. The van der Waals surface area contributed by atoms with E-state index in [-0.39, 0.29) is 30.6 Å². The van der Waals surface area contributed by atoms with E-state index < -0.39 is 35.7 Å². The zero-order valence-corrected chi connectivity index (χ0v) is 21.9. The van der Waals surface area contributed by atoms with E-state index in [2.05, 4.69) is 35.5 Å². The van der Waals surface area contributed by atoms with Crippen molar-refractivity contribution in [2.24, 2.45) is 11.8 Å². The maximum Gasteiger partial charge on any atom is 0.326 e. The Bertz CT molecular complexity index is 1550. The largest absolute Gasteiger partial charge is 0.481 e. The second kappa shape index (κ2) is 11.2. The zero-order chi connectivity index (χ0) is 29.3. The predicted molar refractivity (Wildman–Crippen MR) is 146 cm³/mol. The average molecular weight is 564 g/mol. The molecule has 1 aromatic carbocycles. The summed E-state index contributed by atoms with van der Waals surface area (Å²) in [7, 11) is 0. The molecule has 1 fully saturated rings. The molecule has 1 aliphatic carbocycles. The van der Waals surface area contributed by atoms with Crippen molar-refractivity contribution in [3.8, 4) is 0 Å². The summed E-state index contributed by atoms with van der Waals surface area (Å²) < 4.78 is 0. The summed E-state index contributed by atoms with van der Waals surface area (Å²) in [5.74, 6) is -4.06. The van der Waals surface area contributed by atoms with Gasteiger partial charge < -0.3 is 37.2 Å². The van der Waals surface area contributed by atoms with Crippen molar-refractivity contribution in [2.45, 2.75) is 38.3 Å². The molecule has 2 amide bonds. The number of fused-ring (bicyclic) bond motifs is 2. The molecule has 3 heterocycles. The quantitative estimate of drug-likeness (QED) is 0.168. The van der Waals surface area contributed by atoms with Crippen molar-refractivity contribution in [3.63, 3.8) is 0 Å². The van der Waals surface area contributed by atoms with E-state index in [1.807, 2.05) is 6.07 Å². The molecule has 15 nitrogen and oxygen atoms in total. The first-order valence-electron chi connectivity index (χ1n) is 13.1. The Morgan fingerprint density at radius 1 is 1.10 bits per heavy atom. The monoisotopic (exact) mass is 563 g/mol. The number of hydrogen-bond acceptors (Lipinski definition) is 11. The van der Waals surface area contributed by atoms with Gasteiger partial charge in [0, 0.05) is 24.3 Å². The van der Waals surface area contributed by atoms with Crippen molar-refractivity contribution in [3.05, 3.63) is 41.2 Å². The highest BCUT2D eigenvalue weighted by atomic mass is 16.4. The van der Waals surface area contributed by atoms with Crippen LogP contribution in [0.25, 0.3) is 11.2 Å². The fourth-order valence-electron chi connectivity index (χ4n) is 4.94. The number of carbonyl (C=O) groups excluding carboxylic acids is 2. The molecule has 1 saturated carbocycles. The third-order valence-corrected chi connectivity index (χ3v) is 7.20. The van der Waals surface area contributed by atoms with Gasteiger partial charge in [-0.1, -0.05) is 0 Å². The lowest BCUT2D eigenvalue weighted by Crippen LogP contribution is -2.41. The molecule has 2 unspecified atom stereocenters. The lowest BCUT2D eigenvalue weighted by molar-refractivity contribution is -0.140. The normalized spacial score (nSPS) is 18.0. The minimum absolute atomic E-state index is 0.0228. The van der Waals surface area contributed by atoms with E-state index in [0.717, 1.165) is 11.3 Å². The van der Waals surface area contributed by atoms with Gasteiger partial charge in [0.05, 0.1) is 30.3 Å². The van der Waals surface area contributed by atoms with Crippen molar-refractivity contribution in [1.29, 1.82) is 0 Å². The lowest BCUT2D eigenvalue weighted by atomic mass is 10.1. The second-order valence-electron chi connectivity index (χ2n) is 10.1. The molecular formula is C26H29N9O6. The van der Waals surface area contributed by atoms with Crippen LogP contribution in [0.1, 0.15) is 40.9 Å². The van der Waals surface area contributed by atoms with E-state index in [1.165, 1.54) is 0 Å². The SMILES string of the molecule is Nc1nc(N)c2nc(CN3CCc4cc(C(=O)N[C@@H](CCCNC(=O)C5CC5C(=O)O)C(=O)O)ccc43)cnc2n1. The van der Waals surface area contributed by atoms with Gasteiger partial charge in [0.2, 0.25) is 11.9 Å². The average Bonchev–Trinajstić information content (AvgIpc) is 3.65. The Kier molecular flexibility index (Phi) is 7.50.